The molecule has 0 spiro atoms. The van der Waals surface area contributed by atoms with Crippen molar-refractivity contribution in [3.63, 3.8) is 0 Å². The first-order chi connectivity index (χ1) is 18.3. The van der Waals surface area contributed by atoms with Crippen molar-refractivity contribution in [3.05, 3.63) is 53.1 Å². The molecule has 0 bridgehead atoms. The van der Waals surface area contributed by atoms with Crippen LogP contribution in [0, 0.1) is 13.8 Å². The number of hydrogen-bond acceptors (Lipinski definition) is 7. The van der Waals surface area contributed by atoms with Crippen molar-refractivity contribution in [3.8, 4) is 5.75 Å². The maximum atomic E-state index is 13.1. The lowest BCUT2D eigenvalue weighted by molar-refractivity contribution is -0.132. The number of amides is 2. The highest BCUT2D eigenvalue weighted by atomic mass is 32.2. The molecule has 0 saturated carbocycles. The van der Waals surface area contributed by atoms with Crippen LogP contribution in [0.4, 0.5) is 5.69 Å². The zero-order chi connectivity index (χ0) is 28.9. The van der Waals surface area contributed by atoms with Crippen molar-refractivity contribution >= 4 is 27.5 Å². The zero-order valence-electron chi connectivity index (χ0n) is 24.0. The van der Waals surface area contributed by atoms with Crippen LogP contribution in [0.1, 0.15) is 23.1 Å². The quantitative estimate of drug-likeness (QED) is 0.448. The van der Waals surface area contributed by atoms with Crippen LogP contribution in [0.5, 0.6) is 5.75 Å². The largest absolute Gasteiger partial charge is 0.497 e. The third kappa shape index (κ3) is 7.49. The fraction of sp³-hybridized carbons (Fsp3) is 0.500. The van der Waals surface area contributed by atoms with E-state index in [0.29, 0.717) is 29.5 Å². The van der Waals surface area contributed by atoms with Crippen LogP contribution < -0.4 is 15.0 Å². The van der Waals surface area contributed by atoms with E-state index in [1.807, 2.05) is 12.1 Å². The molecule has 10 nitrogen and oxygen atoms in total. The van der Waals surface area contributed by atoms with Gasteiger partial charge in [0, 0.05) is 45.5 Å². The van der Waals surface area contributed by atoms with Crippen LogP contribution in [0.15, 0.2) is 41.3 Å². The highest BCUT2D eigenvalue weighted by Crippen LogP contribution is 2.27. The predicted molar refractivity (Wildman–Crippen MR) is 153 cm³/mol. The maximum Gasteiger partial charge on any atom is 0.243 e. The van der Waals surface area contributed by atoms with Crippen LogP contribution in [0.2, 0.25) is 0 Å². The molecule has 3 rings (SSSR count). The summed E-state index contributed by atoms with van der Waals surface area (Å²) < 4.78 is 32.5. The van der Waals surface area contributed by atoms with Gasteiger partial charge in [0.05, 0.1) is 25.1 Å². The molecule has 39 heavy (non-hydrogen) atoms. The van der Waals surface area contributed by atoms with Gasteiger partial charge in [-0.15, -0.1) is 0 Å². The second-order valence-electron chi connectivity index (χ2n) is 10.4. The van der Waals surface area contributed by atoms with E-state index in [1.165, 1.54) is 24.7 Å². The molecule has 2 amide bonds. The summed E-state index contributed by atoms with van der Waals surface area (Å²) in [6, 6.07) is 12.0. The Hall–Kier alpha value is -3.15. The summed E-state index contributed by atoms with van der Waals surface area (Å²) in [7, 11) is 4.84. The summed E-state index contributed by atoms with van der Waals surface area (Å²) >= 11 is 0. The Bertz CT molecular complexity index is 1260. The third-order valence-corrected chi connectivity index (χ3v) is 9.29. The summed E-state index contributed by atoms with van der Waals surface area (Å²) in [5.41, 5.74) is 3.22. The molecule has 0 aromatic heterocycles. The van der Waals surface area contributed by atoms with E-state index in [0.717, 1.165) is 29.4 Å². The predicted octanol–water partition coefficient (Wildman–Crippen LogP) is 1.85. The first-order valence-corrected chi connectivity index (χ1v) is 14.4. The van der Waals surface area contributed by atoms with Crippen molar-refractivity contribution in [2.75, 3.05) is 66.4 Å². The molecule has 1 atom stereocenters. The van der Waals surface area contributed by atoms with Crippen molar-refractivity contribution < 1.29 is 22.7 Å². The minimum absolute atomic E-state index is 0.141. The molecule has 0 aliphatic carbocycles. The summed E-state index contributed by atoms with van der Waals surface area (Å²) in [5.74, 6) is -0.265. The topological polar surface area (TPSA) is 102 Å². The molecule has 0 radical (unpaired) electrons. The van der Waals surface area contributed by atoms with E-state index in [1.54, 1.807) is 33.0 Å². The maximum absolute atomic E-state index is 13.1. The first kappa shape index (κ1) is 30.4. The number of sulfonamides is 1. The Balaban J connectivity index is 1.50. The van der Waals surface area contributed by atoms with Gasteiger partial charge in [-0.3, -0.25) is 9.59 Å². The number of likely N-dealkylation sites (N-methyl/N-ethyl adjacent to an activating group) is 3. The fourth-order valence-electron chi connectivity index (χ4n) is 4.82. The third-order valence-electron chi connectivity index (χ3n) is 7.18. The van der Waals surface area contributed by atoms with Crippen molar-refractivity contribution in [2.24, 2.45) is 0 Å². The van der Waals surface area contributed by atoms with Crippen LogP contribution in [0.25, 0.3) is 0 Å². The van der Waals surface area contributed by atoms with Crippen molar-refractivity contribution in [2.45, 2.75) is 37.8 Å². The Morgan fingerprint density at radius 1 is 1.05 bits per heavy atom. The van der Waals surface area contributed by atoms with Gasteiger partial charge < -0.3 is 24.8 Å². The van der Waals surface area contributed by atoms with Crippen molar-refractivity contribution in [1.82, 2.24) is 19.4 Å². The Morgan fingerprint density at radius 3 is 2.21 bits per heavy atom. The smallest absolute Gasteiger partial charge is 0.243 e. The highest BCUT2D eigenvalue weighted by Gasteiger charge is 2.27. The van der Waals surface area contributed by atoms with E-state index in [9.17, 15) is 18.0 Å². The molecule has 1 aliphatic heterocycles. The average Bonchev–Trinajstić information content (AvgIpc) is 3.37. The van der Waals surface area contributed by atoms with Gasteiger partial charge >= 0.3 is 0 Å². The molecule has 1 aliphatic rings. The summed E-state index contributed by atoms with van der Waals surface area (Å²) in [6.45, 7) is 5.17. The number of carbonyl (C=O) groups excluding carboxylic acids is 2. The second kappa shape index (κ2) is 12.8. The fourth-order valence-corrected chi connectivity index (χ4v) is 6.35. The molecule has 2 aromatic carbocycles. The van der Waals surface area contributed by atoms with Gasteiger partial charge in [0.25, 0.3) is 0 Å². The van der Waals surface area contributed by atoms with Crippen molar-refractivity contribution in [1.29, 1.82) is 0 Å². The molecule has 2 aromatic rings. The monoisotopic (exact) mass is 559 g/mol. The van der Waals surface area contributed by atoms with E-state index < -0.39 is 22.5 Å². The SMILES string of the molecule is COc1cc(C)c(S(=O)(=O)N(C)CC(=O)NCC(=O)N(C)Cc2ccc(N3CCC(N(C)C)C3)cc2)c(C)c1. The Kier molecular flexibility index (Phi) is 9.98. The van der Waals surface area contributed by atoms with Gasteiger partial charge in [-0.1, -0.05) is 12.1 Å². The number of hydrogen-bond donors (Lipinski definition) is 1. The number of nitrogens with zero attached hydrogens (tertiary/aromatic N) is 4. The molecule has 1 saturated heterocycles. The normalized spacial score (nSPS) is 15.6. The lowest BCUT2D eigenvalue weighted by Crippen LogP contribution is -2.43. The Morgan fingerprint density at radius 2 is 1.67 bits per heavy atom. The number of nitrogens with one attached hydrogen (secondary N) is 1. The molecule has 1 heterocycles. The van der Waals surface area contributed by atoms with Gasteiger partial charge in [-0.25, -0.2) is 8.42 Å². The van der Waals surface area contributed by atoms with E-state index in [4.69, 9.17) is 4.74 Å². The number of benzene rings is 2. The molecule has 11 heteroatoms. The van der Waals surface area contributed by atoms with E-state index in [-0.39, 0.29) is 17.3 Å². The van der Waals surface area contributed by atoms with Gasteiger partial charge in [0.2, 0.25) is 21.8 Å². The minimum atomic E-state index is -3.92. The number of anilines is 1. The van der Waals surface area contributed by atoms with E-state index >= 15 is 0 Å². The Labute approximate surface area is 232 Å². The molecule has 1 fully saturated rings. The number of methoxy groups -OCH3 is 1. The molecular formula is C28H41N5O5S. The summed E-state index contributed by atoms with van der Waals surface area (Å²) in [5, 5.41) is 2.54. The number of carbonyl (C=O) groups is 2. The van der Waals surface area contributed by atoms with Gasteiger partial charge in [-0.05, 0) is 75.3 Å². The number of ether oxygens (including phenoxy) is 1. The standard InChI is InChI=1S/C28H41N5O5S/c1-20-14-25(38-7)15-21(2)28(20)39(36,37)32(6)19-26(34)29-16-27(35)31(5)17-22-8-10-23(11-9-22)33-13-12-24(18-33)30(3)4/h8-11,14-15,24H,12-13,16-19H2,1-7H3,(H,29,34). The van der Waals surface area contributed by atoms with Crippen LogP contribution in [-0.2, 0) is 26.2 Å². The van der Waals surface area contributed by atoms with Gasteiger partial charge in [-0.2, -0.15) is 4.31 Å². The highest BCUT2D eigenvalue weighted by molar-refractivity contribution is 7.89. The lowest BCUT2D eigenvalue weighted by atomic mass is 10.1. The molecular weight excluding hydrogens is 518 g/mol. The average molecular weight is 560 g/mol. The van der Waals surface area contributed by atoms with Crippen LogP contribution in [0.3, 0.4) is 0 Å². The van der Waals surface area contributed by atoms with Crippen LogP contribution >= 0.6 is 0 Å². The van der Waals surface area contributed by atoms with Crippen LogP contribution in [-0.4, -0.2) is 102 Å². The van der Waals surface area contributed by atoms with Gasteiger partial charge in [0.1, 0.15) is 5.75 Å². The molecule has 1 N–H and O–H groups in total. The molecule has 214 valence electrons. The minimum Gasteiger partial charge on any atom is -0.497 e. The number of rotatable bonds is 11. The molecule has 1 unspecified atom stereocenters. The van der Waals surface area contributed by atoms with Gasteiger partial charge in [0.15, 0.2) is 0 Å². The zero-order valence-corrected chi connectivity index (χ0v) is 24.8. The number of aryl methyl sites for hydroxylation is 2. The first-order valence-electron chi connectivity index (χ1n) is 13.0. The van der Waals surface area contributed by atoms with E-state index in [2.05, 4.69) is 41.3 Å². The second-order valence-corrected chi connectivity index (χ2v) is 12.4. The summed E-state index contributed by atoms with van der Waals surface area (Å²) in [4.78, 5) is 31.4. The lowest BCUT2D eigenvalue weighted by Gasteiger charge is -2.23. The summed E-state index contributed by atoms with van der Waals surface area (Å²) in [6.07, 6.45) is 1.14.